The van der Waals surface area contributed by atoms with Crippen LogP contribution in [0.4, 0.5) is 23.7 Å². The van der Waals surface area contributed by atoms with E-state index in [4.69, 9.17) is 0 Å². The Bertz CT molecular complexity index is 528. The third-order valence-electron chi connectivity index (χ3n) is 3.52. The molecule has 1 heterocycles. The van der Waals surface area contributed by atoms with E-state index in [9.17, 15) is 18.0 Å². The molecule has 1 aliphatic heterocycles. The number of hydrogen-bond acceptors (Lipinski definition) is 2. The average Bonchev–Trinajstić information content (AvgIpc) is 2.44. The lowest BCUT2D eigenvalue weighted by molar-refractivity contribution is 0.158. The topological polar surface area (TPSA) is 35.6 Å². The van der Waals surface area contributed by atoms with Gasteiger partial charge in [-0.2, -0.15) is 0 Å². The van der Waals surface area contributed by atoms with E-state index in [0.717, 1.165) is 6.07 Å². The van der Waals surface area contributed by atoms with Gasteiger partial charge in [0.25, 0.3) is 0 Å². The smallest absolute Gasteiger partial charge is 0.319 e. The Hall–Kier alpha value is -1.92. The molecule has 1 aromatic carbocycles. The summed E-state index contributed by atoms with van der Waals surface area (Å²) in [5.41, 5.74) is -0.0497. The number of piperidine rings is 1. The van der Waals surface area contributed by atoms with Gasteiger partial charge in [-0.1, -0.05) is 0 Å². The maximum absolute atomic E-state index is 13.6. The van der Waals surface area contributed by atoms with Gasteiger partial charge in [0.15, 0.2) is 11.6 Å². The van der Waals surface area contributed by atoms with Crippen molar-refractivity contribution in [1.82, 2.24) is 9.80 Å². The van der Waals surface area contributed by atoms with Gasteiger partial charge in [0.05, 0.1) is 5.69 Å². The molecule has 0 aromatic heterocycles. The maximum atomic E-state index is 13.6. The second kappa shape index (κ2) is 6.24. The van der Waals surface area contributed by atoms with Gasteiger partial charge in [0.1, 0.15) is 5.82 Å². The third kappa shape index (κ3) is 3.59. The van der Waals surface area contributed by atoms with Crippen molar-refractivity contribution in [2.75, 3.05) is 32.5 Å². The van der Waals surface area contributed by atoms with Gasteiger partial charge in [0.2, 0.25) is 0 Å². The Morgan fingerprint density at radius 3 is 2.29 bits per heavy atom. The molecule has 1 N–H and O–H groups in total. The van der Waals surface area contributed by atoms with E-state index in [1.54, 1.807) is 19.0 Å². The molecule has 0 bridgehead atoms. The number of urea groups is 1. The van der Waals surface area contributed by atoms with E-state index in [1.165, 1.54) is 4.90 Å². The van der Waals surface area contributed by atoms with Gasteiger partial charge in [-0.3, -0.25) is 0 Å². The standard InChI is InChI=1S/C14H18F3N3O/c1-19(2)14(21)20-5-3-9(4-6-20)18-13-8-11(16)10(15)7-12(13)17/h7-9,18H,3-6H2,1-2H3. The fraction of sp³-hybridized carbons (Fsp3) is 0.500. The number of anilines is 1. The molecule has 0 aliphatic carbocycles. The average molecular weight is 301 g/mol. The molecule has 0 saturated carbocycles. The van der Waals surface area contributed by atoms with E-state index >= 15 is 0 Å². The fourth-order valence-electron chi connectivity index (χ4n) is 2.35. The van der Waals surface area contributed by atoms with Crippen molar-refractivity contribution in [3.05, 3.63) is 29.6 Å². The summed E-state index contributed by atoms with van der Waals surface area (Å²) in [6, 6.07) is 1.22. The first-order valence-electron chi connectivity index (χ1n) is 6.76. The molecule has 116 valence electrons. The number of likely N-dealkylation sites (tertiary alicyclic amines) is 1. The van der Waals surface area contributed by atoms with Crippen LogP contribution in [-0.2, 0) is 0 Å². The van der Waals surface area contributed by atoms with Crippen LogP contribution in [-0.4, -0.2) is 49.1 Å². The lowest BCUT2D eigenvalue weighted by atomic mass is 10.0. The van der Waals surface area contributed by atoms with E-state index < -0.39 is 17.5 Å². The van der Waals surface area contributed by atoms with E-state index in [-0.39, 0.29) is 17.8 Å². The molecule has 0 radical (unpaired) electrons. The molecule has 4 nitrogen and oxygen atoms in total. The van der Waals surface area contributed by atoms with Crippen LogP contribution in [0.3, 0.4) is 0 Å². The minimum absolute atomic E-state index is 0.0497. The lowest BCUT2D eigenvalue weighted by Gasteiger charge is -2.34. The number of carbonyl (C=O) groups excluding carboxylic acids is 1. The lowest BCUT2D eigenvalue weighted by Crippen LogP contribution is -2.46. The van der Waals surface area contributed by atoms with E-state index in [0.29, 0.717) is 32.0 Å². The highest BCUT2D eigenvalue weighted by atomic mass is 19.2. The zero-order chi connectivity index (χ0) is 15.6. The minimum atomic E-state index is -1.20. The Morgan fingerprint density at radius 1 is 1.14 bits per heavy atom. The van der Waals surface area contributed by atoms with Crippen molar-refractivity contribution in [1.29, 1.82) is 0 Å². The molecule has 1 aromatic rings. The first-order chi connectivity index (χ1) is 9.88. The van der Waals surface area contributed by atoms with Gasteiger partial charge in [-0.15, -0.1) is 0 Å². The van der Waals surface area contributed by atoms with Crippen molar-refractivity contribution >= 4 is 11.7 Å². The van der Waals surface area contributed by atoms with Gasteiger partial charge >= 0.3 is 6.03 Å². The number of amides is 2. The van der Waals surface area contributed by atoms with Crippen LogP contribution in [0.5, 0.6) is 0 Å². The van der Waals surface area contributed by atoms with Crippen LogP contribution in [0.1, 0.15) is 12.8 Å². The van der Waals surface area contributed by atoms with Crippen LogP contribution in [0.25, 0.3) is 0 Å². The maximum Gasteiger partial charge on any atom is 0.319 e. The summed E-state index contributed by atoms with van der Waals surface area (Å²) in [6.45, 7) is 1.08. The highest BCUT2D eigenvalue weighted by Crippen LogP contribution is 2.22. The third-order valence-corrected chi connectivity index (χ3v) is 3.52. The summed E-state index contributed by atoms with van der Waals surface area (Å²) in [7, 11) is 3.37. The molecular weight excluding hydrogens is 283 g/mol. The van der Waals surface area contributed by atoms with Gasteiger partial charge < -0.3 is 15.1 Å². The second-order valence-electron chi connectivity index (χ2n) is 5.33. The number of hydrogen-bond donors (Lipinski definition) is 1. The van der Waals surface area contributed by atoms with Crippen molar-refractivity contribution in [2.45, 2.75) is 18.9 Å². The van der Waals surface area contributed by atoms with Crippen molar-refractivity contribution in [3.63, 3.8) is 0 Å². The molecule has 0 atom stereocenters. The van der Waals surface area contributed by atoms with Crippen molar-refractivity contribution in [2.24, 2.45) is 0 Å². The number of nitrogens with one attached hydrogen (secondary N) is 1. The van der Waals surface area contributed by atoms with Crippen LogP contribution in [0.2, 0.25) is 0 Å². The first kappa shape index (κ1) is 15.5. The second-order valence-corrected chi connectivity index (χ2v) is 5.33. The zero-order valence-electron chi connectivity index (χ0n) is 12.0. The minimum Gasteiger partial charge on any atom is -0.380 e. The van der Waals surface area contributed by atoms with E-state index in [2.05, 4.69) is 5.32 Å². The fourth-order valence-corrected chi connectivity index (χ4v) is 2.35. The predicted octanol–water partition coefficient (Wildman–Crippen LogP) is 2.66. The van der Waals surface area contributed by atoms with Crippen LogP contribution >= 0.6 is 0 Å². The van der Waals surface area contributed by atoms with Gasteiger partial charge in [-0.05, 0) is 12.8 Å². The molecule has 1 fully saturated rings. The normalized spacial score (nSPS) is 16.0. The number of rotatable bonds is 2. The van der Waals surface area contributed by atoms with Crippen LogP contribution < -0.4 is 5.32 Å². The first-order valence-corrected chi connectivity index (χ1v) is 6.76. The predicted molar refractivity (Wildman–Crippen MR) is 73.6 cm³/mol. The summed E-state index contributed by atoms with van der Waals surface area (Å²) in [4.78, 5) is 15.0. The monoisotopic (exact) mass is 301 g/mol. The van der Waals surface area contributed by atoms with E-state index in [1.807, 2.05) is 0 Å². The summed E-state index contributed by atoms with van der Waals surface area (Å²) in [5, 5.41) is 2.87. The van der Waals surface area contributed by atoms with Crippen LogP contribution in [0, 0.1) is 17.5 Å². The Labute approximate surface area is 121 Å². The van der Waals surface area contributed by atoms with Crippen molar-refractivity contribution < 1.29 is 18.0 Å². The van der Waals surface area contributed by atoms with Gasteiger partial charge in [0, 0.05) is 45.4 Å². The quantitative estimate of drug-likeness (QED) is 0.853. The SMILES string of the molecule is CN(C)C(=O)N1CCC(Nc2cc(F)c(F)cc2F)CC1. The molecule has 0 unspecified atom stereocenters. The number of benzene rings is 1. The van der Waals surface area contributed by atoms with Crippen LogP contribution in [0.15, 0.2) is 12.1 Å². The van der Waals surface area contributed by atoms with Gasteiger partial charge in [-0.25, -0.2) is 18.0 Å². The molecule has 7 heteroatoms. The summed E-state index contributed by atoms with van der Waals surface area (Å²) in [5.74, 6) is -3.11. The summed E-state index contributed by atoms with van der Waals surface area (Å²) in [6.07, 6.45) is 1.25. The molecule has 1 aliphatic rings. The summed E-state index contributed by atoms with van der Waals surface area (Å²) >= 11 is 0. The Balaban J connectivity index is 1.95. The highest BCUT2D eigenvalue weighted by Gasteiger charge is 2.24. The molecule has 1 saturated heterocycles. The summed E-state index contributed by atoms with van der Waals surface area (Å²) < 4.78 is 39.5. The molecule has 21 heavy (non-hydrogen) atoms. The number of halogens is 3. The molecule has 2 rings (SSSR count). The molecule has 2 amide bonds. The Morgan fingerprint density at radius 2 is 1.71 bits per heavy atom. The number of nitrogens with zero attached hydrogens (tertiary/aromatic N) is 2. The Kier molecular flexibility index (Phi) is 4.59. The highest BCUT2D eigenvalue weighted by molar-refractivity contribution is 5.73. The largest absolute Gasteiger partial charge is 0.380 e. The number of carbonyl (C=O) groups is 1. The molecular formula is C14H18F3N3O. The molecule has 0 spiro atoms. The zero-order valence-corrected chi connectivity index (χ0v) is 12.0. The van der Waals surface area contributed by atoms with Crippen molar-refractivity contribution in [3.8, 4) is 0 Å².